The maximum absolute atomic E-state index is 11.1. The maximum Gasteiger partial charge on any atom is 0.292 e. The maximum atomic E-state index is 11.1. The van der Waals surface area contributed by atoms with Gasteiger partial charge in [0.25, 0.3) is 5.69 Å². The van der Waals surface area contributed by atoms with Crippen LogP contribution in [0.5, 0.6) is 0 Å². The smallest absolute Gasteiger partial charge is 0.292 e. The first kappa shape index (κ1) is 14.8. The normalized spacial score (nSPS) is 14.6. The van der Waals surface area contributed by atoms with Gasteiger partial charge in [-0.25, -0.2) is 0 Å². The Kier molecular flexibility index (Phi) is 4.95. The van der Waals surface area contributed by atoms with Gasteiger partial charge in [0, 0.05) is 26.2 Å². The molecule has 0 amide bonds. The van der Waals surface area contributed by atoms with E-state index < -0.39 is 0 Å². The van der Waals surface area contributed by atoms with Crippen molar-refractivity contribution in [3.8, 4) is 0 Å². The van der Waals surface area contributed by atoms with Gasteiger partial charge in [-0.3, -0.25) is 15.0 Å². The lowest BCUT2D eigenvalue weighted by molar-refractivity contribution is -0.384. The number of anilines is 1. The van der Waals surface area contributed by atoms with Crippen molar-refractivity contribution in [1.29, 1.82) is 0 Å². The van der Waals surface area contributed by atoms with E-state index in [0.717, 1.165) is 37.5 Å². The quantitative estimate of drug-likeness (QED) is 0.585. The monoisotopic (exact) mass is 277 g/mol. The molecule has 1 aromatic rings. The van der Waals surface area contributed by atoms with Crippen molar-refractivity contribution in [2.75, 3.05) is 25.5 Å². The van der Waals surface area contributed by atoms with Crippen LogP contribution in [0.1, 0.15) is 31.7 Å². The molecule has 0 aromatic heterocycles. The summed E-state index contributed by atoms with van der Waals surface area (Å²) < 4.78 is 0. The van der Waals surface area contributed by atoms with E-state index in [1.165, 1.54) is 12.8 Å². The zero-order valence-electron chi connectivity index (χ0n) is 12.3. The van der Waals surface area contributed by atoms with Gasteiger partial charge >= 0.3 is 0 Å². The number of nitrogens with one attached hydrogen (secondary N) is 1. The first-order valence-electron chi connectivity index (χ1n) is 7.31. The molecule has 0 radical (unpaired) electrons. The van der Waals surface area contributed by atoms with E-state index in [2.05, 4.69) is 17.1 Å². The highest BCUT2D eigenvalue weighted by molar-refractivity contribution is 5.62. The number of benzene rings is 1. The number of nitro benzene ring substituents is 1. The Labute approximate surface area is 120 Å². The summed E-state index contributed by atoms with van der Waals surface area (Å²) in [5, 5.41) is 14.0. The molecule has 110 valence electrons. The molecule has 20 heavy (non-hydrogen) atoms. The van der Waals surface area contributed by atoms with Gasteiger partial charge in [0.05, 0.1) is 4.92 Å². The number of nitrogens with zero attached hydrogens (tertiary/aromatic N) is 2. The van der Waals surface area contributed by atoms with Crippen LogP contribution < -0.4 is 5.32 Å². The number of rotatable bonds is 8. The van der Waals surface area contributed by atoms with Crippen molar-refractivity contribution in [2.24, 2.45) is 5.92 Å². The molecule has 1 fully saturated rings. The second kappa shape index (κ2) is 6.70. The summed E-state index contributed by atoms with van der Waals surface area (Å²) in [4.78, 5) is 13.2. The Morgan fingerprint density at radius 1 is 1.45 bits per heavy atom. The average molecular weight is 277 g/mol. The second-order valence-corrected chi connectivity index (χ2v) is 5.54. The molecule has 1 aliphatic rings. The van der Waals surface area contributed by atoms with Gasteiger partial charge in [0.15, 0.2) is 0 Å². The number of hydrogen-bond donors (Lipinski definition) is 1. The van der Waals surface area contributed by atoms with Crippen molar-refractivity contribution < 1.29 is 4.92 Å². The van der Waals surface area contributed by atoms with Gasteiger partial charge in [0.1, 0.15) is 5.69 Å². The van der Waals surface area contributed by atoms with Crippen LogP contribution in [0.2, 0.25) is 0 Å². The summed E-state index contributed by atoms with van der Waals surface area (Å²) in [7, 11) is 1.71. The van der Waals surface area contributed by atoms with E-state index in [0.29, 0.717) is 5.69 Å². The highest BCUT2D eigenvalue weighted by atomic mass is 16.6. The molecule has 0 saturated heterocycles. The Balaban J connectivity index is 2.09. The van der Waals surface area contributed by atoms with Crippen molar-refractivity contribution >= 4 is 11.4 Å². The summed E-state index contributed by atoms with van der Waals surface area (Å²) in [5.74, 6) is 0.841. The Hall–Kier alpha value is -1.62. The van der Waals surface area contributed by atoms with Crippen molar-refractivity contribution in [3.05, 3.63) is 33.9 Å². The minimum absolute atomic E-state index is 0.160. The van der Waals surface area contributed by atoms with E-state index in [1.54, 1.807) is 19.2 Å². The third kappa shape index (κ3) is 3.93. The number of nitro groups is 1. The van der Waals surface area contributed by atoms with E-state index in [1.807, 2.05) is 6.07 Å². The second-order valence-electron chi connectivity index (χ2n) is 5.54. The fourth-order valence-electron chi connectivity index (χ4n) is 2.51. The highest BCUT2D eigenvalue weighted by Gasteiger charge is 2.24. The molecule has 0 atom stereocenters. The predicted octanol–water partition coefficient (Wildman–Crippen LogP) is 3.26. The van der Waals surface area contributed by atoms with Gasteiger partial charge in [0.2, 0.25) is 0 Å². The van der Waals surface area contributed by atoms with Gasteiger partial charge in [-0.2, -0.15) is 0 Å². The minimum atomic E-state index is -0.319. The van der Waals surface area contributed by atoms with E-state index in [-0.39, 0.29) is 10.6 Å². The molecule has 1 N–H and O–H groups in total. The van der Waals surface area contributed by atoms with Crippen molar-refractivity contribution in [3.63, 3.8) is 0 Å². The summed E-state index contributed by atoms with van der Waals surface area (Å²) in [6, 6.07) is 5.48. The Bertz CT molecular complexity index is 472. The Morgan fingerprint density at radius 3 is 2.75 bits per heavy atom. The summed E-state index contributed by atoms with van der Waals surface area (Å²) in [6.07, 6.45) is 3.78. The molecule has 1 aromatic carbocycles. The Morgan fingerprint density at radius 2 is 2.20 bits per heavy atom. The molecule has 1 aliphatic carbocycles. The molecular weight excluding hydrogens is 254 g/mol. The summed E-state index contributed by atoms with van der Waals surface area (Å²) in [6.45, 7) is 5.15. The van der Waals surface area contributed by atoms with Crippen LogP contribution in [-0.4, -0.2) is 30.0 Å². The van der Waals surface area contributed by atoms with E-state index in [4.69, 9.17) is 0 Å². The van der Waals surface area contributed by atoms with Crippen molar-refractivity contribution in [2.45, 2.75) is 32.7 Å². The molecule has 0 unspecified atom stereocenters. The molecule has 2 rings (SSSR count). The third-order valence-electron chi connectivity index (χ3n) is 3.69. The molecule has 0 spiro atoms. The molecule has 5 heteroatoms. The average Bonchev–Trinajstić information content (AvgIpc) is 3.22. The molecular formula is C15H23N3O2. The third-order valence-corrected chi connectivity index (χ3v) is 3.69. The van der Waals surface area contributed by atoms with Gasteiger partial charge in [-0.05, 0) is 43.4 Å². The van der Waals surface area contributed by atoms with Crippen LogP contribution in [0.15, 0.2) is 18.2 Å². The lowest BCUT2D eigenvalue weighted by Gasteiger charge is -2.21. The minimum Gasteiger partial charge on any atom is -0.383 e. The molecule has 5 nitrogen and oxygen atoms in total. The van der Waals surface area contributed by atoms with Crippen LogP contribution in [0.4, 0.5) is 11.4 Å². The first-order valence-corrected chi connectivity index (χ1v) is 7.31. The SMILES string of the molecule is CCCN(Cc1ccc(NC)c([N+](=O)[O-])c1)CC1CC1. The summed E-state index contributed by atoms with van der Waals surface area (Å²) in [5.41, 5.74) is 1.75. The zero-order valence-corrected chi connectivity index (χ0v) is 12.3. The van der Waals surface area contributed by atoms with Crippen LogP contribution in [0.25, 0.3) is 0 Å². The fourth-order valence-corrected chi connectivity index (χ4v) is 2.51. The standard InChI is InChI=1S/C15H23N3O2/c1-3-8-17(10-12-4-5-12)11-13-6-7-14(16-2)15(9-13)18(19)20/h6-7,9,12,16H,3-5,8,10-11H2,1-2H3. The van der Waals surface area contributed by atoms with Crippen LogP contribution in [-0.2, 0) is 6.54 Å². The van der Waals surface area contributed by atoms with Crippen LogP contribution >= 0.6 is 0 Å². The first-order chi connectivity index (χ1) is 9.63. The van der Waals surface area contributed by atoms with Gasteiger partial charge in [-0.1, -0.05) is 13.0 Å². The van der Waals surface area contributed by atoms with Crippen molar-refractivity contribution in [1.82, 2.24) is 4.90 Å². The fraction of sp³-hybridized carbons (Fsp3) is 0.600. The topological polar surface area (TPSA) is 58.4 Å². The van der Waals surface area contributed by atoms with Crippen LogP contribution in [0, 0.1) is 16.0 Å². The largest absolute Gasteiger partial charge is 0.383 e. The molecule has 1 saturated carbocycles. The van der Waals surface area contributed by atoms with E-state index in [9.17, 15) is 10.1 Å². The lowest BCUT2D eigenvalue weighted by atomic mass is 10.1. The predicted molar refractivity (Wildman–Crippen MR) is 80.9 cm³/mol. The molecule has 0 aliphatic heterocycles. The van der Waals surface area contributed by atoms with Gasteiger partial charge in [-0.15, -0.1) is 0 Å². The zero-order chi connectivity index (χ0) is 14.5. The van der Waals surface area contributed by atoms with Crippen LogP contribution in [0.3, 0.4) is 0 Å². The summed E-state index contributed by atoms with van der Waals surface area (Å²) >= 11 is 0. The lowest BCUT2D eigenvalue weighted by Crippen LogP contribution is -2.26. The molecule has 0 heterocycles. The molecule has 0 bridgehead atoms. The van der Waals surface area contributed by atoms with Gasteiger partial charge < -0.3 is 5.32 Å². The van der Waals surface area contributed by atoms with E-state index >= 15 is 0 Å². The number of hydrogen-bond acceptors (Lipinski definition) is 4. The highest BCUT2D eigenvalue weighted by Crippen LogP contribution is 2.31.